The largest absolute Gasteiger partial charge is 0.360 e. The van der Waals surface area contributed by atoms with Crippen LogP contribution in [0.15, 0.2) is 0 Å². The van der Waals surface area contributed by atoms with E-state index in [4.69, 9.17) is 10.5 Å². The second-order valence-corrected chi connectivity index (χ2v) is 2.47. The average molecular weight is 131 g/mol. The van der Waals surface area contributed by atoms with E-state index >= 15 is 0 Å². The van der Waals surface area contributed by atoms with Gasteiger partial charge in [-0.15, -0.1) is 0 Å². The van der Waals surface area contributed by atoms with Gasteiger partial charge in [-0.25, -0.2) is 0 Å². The van der Waals surface area contributed by atoms with E-state index in [2.05, 4.69) is 20.8 Å². The molecule has 0 saturated heterocycles. The van der Waals surface area contributed by atoms with Crippen molar-refractivity contribution in [2.45, 2.75) is 39.2 Å². The Hall–Kier alpha value is -0.0800. The zero-order valence-corrected chi connectivity index (χ0v) is 6.61. The van der Waals surface area contributed by atoms with Crippen LogP contribution in [-0.4, -0.2) is 12.3 Å². The highest BCUT2D eigenvalue weighted by Crippen LogP contribution is 2.17. The maximum Gasteiger partial charge on any atom is 0.0947 e. The average Bonchev–Trinajstić information content (AvgIpc) is 1.89. The predicted octanol–water partition coefficient (Wildman–Crippen LogP) is 1.50. The highest BCUT2D eigenvalue weighted by Gasteiger charge is 2.18. The van der Waals surface area contributed by atoms with E-state index in [9.17, 15) is 0 Å². The molecule has 9 heavy (non-hydrogen) atoms. The zero-order valence-electron chi connectivity index (χ0n) is 6.61. The van der Waals surface area contributed by atoms with Crippen molar-refractivity contribution < 1.29 is 4.74 Å². The molecule has 2 nitrogen and oxygen atoms in total. The summed E-state index contributed by atoms with van der Waals surface area (Å²) in [6.45, 7) is 6.64. The van der Waals surface area contributed by atoms with Crippen molar-refractivity contribution >= 4 is 0 Å². The van der Waals surface area contributed by atoms with Crippen LogP contribution in [0.2, 0.25) is 0 Å². The summed E-state index contributed by atoms with van der Waals surface area (Å²) in [7, 11) is 0. The Morgan fingerprint density at radius 2 is 1.78 bits per heavy atom. The van der Waals surface area contributed by atoms with Gasteiger partial charge in [-0.3, -0.25) is 0 Å². The molecule has 0 atom stereocenters. The molecule has 2 heteroatoms. The summed E-state index contributed by atoms with van der Waals surface area (Å²) in [6, 6.07) is 0. The Kier molecular flexibility index (Phi) is 3.82. The molecule has 0 aliphatic rings. The van der Waals surface area contributed by atoms with Crippen LogP contribution in [0.3, 0.4) is 0 Å². The van der Waals surface area contributed by atoms with E-state index in [1.165, 1.54) is 0 Å². The minimum atomic E-state index is 0.00868. The second-order valence-electron chi connectivity index (χ2n) is 2.47. The molecule has 2 N–H and O–H groups in total. The van der Waals surface area contributed by atoms with E-state index in [0.717, 1.165) is 12.8 Å². The molecule has 0 aromatic carbocycles. The molecule has 0 bridgehead atoms. The summed E-state index contributed by atoms with van der Waals surface area (Å²) < 4.78 is 5.31. The van der Waals surface area contributed by atoms with Crippen LogP contribution in [0, 0.1) is 0 Å². The van der Waals surface area contributed by atoms with Crippen molar-refractivity contribution in [3.05, 3.63) is 0 Å². The SMILES string of the molecule is CCC(C)(CC)OCN. The molecule has 0 fully saturated rings. The lowest BCUT2D eigenvalue weighted by Gasteiger charge is -2.25. The Morgan fingerprint density at radius 1 is 1.33 bits per heavy atom. The molecule has 0 spiro atoms. The van der Waals surface area contributed by atoms with Crippen molar-refractivity contribution in [3.63, 3.8) is 0 Å². The molecule has 0 aliphatic carbocycles. The Labute approximate surface area is 57.4 Å². The summed E-state index contributed by atoms with van der Waals surface area (Å²) in [6.07, 6.45) is 2.06. The maximum atomic E-state index is 5.31. The summed E-state index contributed by atoms with van der Waals surface area (Å²) in [5.74, 6) is 0. The predicted molar refractivity (Wildman–Crippen MR) is 39.1 cm³/mol. The summed E-state index contributed by atoms with van der Waals surface area (Å²) in [4.78, 5) is 0. The van der Waals surface area contributed by atoms with E-state index in [-0.39, 0.29) is 5.60 Å². The van der Waals surface area contributed by atoms with E-state index in [0.29, 0.717) is 6.73 Å². The molecular formula is C7H17NO. The van der Waals surface area contributed by atoms with Crippen molar-refractivity contribution in [2.75, 3.05) is 6.73 Å². The molecule has 0 radical (unpaired) electrons. The minimum absolute atomic E-state index is 0.00868. The Bertz CT molecular complexity index is 69.3. The number of rotatable bonds is 4. The van der Waals surface area contributed by atoms with Crippen LogP contribution in [0.25, 0.3) is 0 Å². The number of ether oxygens (including phenoxy) is 1. The summed E-state index contributed by atoms with van der Waals surface area (Å²) >= 11 is 0. The first kappa shape index (κ1) is 8.92. The number of hydrogen-bond acceptors (Lipinski definition) is 2. The van der Waals surface area contributed by atoms with Crippen LogP contribution in [0.5, 0.6) is 0 Å². The van der Waals surface area contributed by atoms with Crippen molar-refractivity contribution in [1.29, 1.82) is 0 Å². The van der Waals surface area contributed by atoms with Crippen molar-refractivity contribution in [1.82, 2.24) is 0 Å². The standard InChI is InChI=1S/C7H17NO/c1-4-7(3,5-2)9-6-8/h4-6,8H2,1-3H3. The normalized spacial score (nSPS) is 12.0. The third-order valence-electron chi connectivity index (χ3n) is 1.93. The molecule has 0 aromatic rings. The quantitative estimate of drug-likeness (QED) is 0.587. The van der Waals surface area contributed by atoms with E-state index < -0.39 is 0 Å². The molecule has 0 unspecified atom stereocenters. The van der Waals surface area contributed by atoms with Gasteiger partial charge in [0.2, 0.25) is 0 Å². The van der Waals surface area contributed by atoms with Crippen LogP contribution < -0.4 is 5.73 Å². The lowest BCUT2D eigenvalue weighted by Crippen LogP contribution is -2.29. The smallest absolute Gasteiger partial charge is 0.0947 e. The van der Waals surface area contributed by atoms with Crippen LogP contribution in [0.4, 0.5) is 0 Å². The Morgan fingerprint density at radius 3 is 1.89 bits per heavy atom. The zero-order chi connectivity index (χ0) is 7.33. The third-order valence-corrected chi connectivity index (χ3v) is 1.93. The molecule has 0 rings (SSSR count). The molecular weight excluding hydrogens is 114 g/mol. The molecule has 0 aliphatic heterocycles. The monoisotopic (exact) mass is 131 g/mol. The number of nitrogens with two attached hydrogens (primary N) is 1. The van der Waals surface area contributed by atoms with Gasteiger partial charge in [-0.05, 0) is 19.8 Å². The second kappa shape index (κ2) is 3.85. The van der Waals surface area contributed by atoms with Gasteiger partial charge >= 0.3 is 0 Å². The minimum Gasteiger partial charge on any atom is -0.360 e. The molecule has 0 heterocycles. The highest BCUT2D eigenvalue weighted by atomic mass is 16.5. The molecule has 0 aromatic heterocycles. The van der Waals surface area contributed by atoms with Crippen molar-refractivity contribution in [3.8, 4) is 0 Å². The van der Waals surface area contributed by atoms with Crippen LogP contribution >= 0.6 is 0 Å². The summed E-state index contributed by atoms with van der Waals surface area (Å²) in [5, 5.41) is 0. The first-order valence-corrected chi connectivity index (χ1v) is 3.52. The number of hydrogen-bond donors (Lipinski definition) is 1. The Balaban J connectivity index is 3.62. The van der Waals surface area contributed by atoms with E-state index in [1.54, 1.807) is 0 Å². The highest BCUT2D eigenvalue weighted by molar-refractivity contribution is 4.69. The van der Waals surface area contributed by atoms with Gasteiger partial charge in [0.1, 0.15) is 0 Å². The first-order valence-electron chi connectivity index (χ1n) is 3.52. The van der Waals surface area contributed by atoms with Gasteiger partial charge < -0.3 is 10.5 Å². The molecule has 0 saturated carbocycles. The van der Waals surface area contributed by atoms with Crippen LogP contribution in [-0.2, 0) is 4.74 Å². The topological polar surface area (TPSA) is 35.2 Å². The van der Waals surface area contributed by atoms with Crippen LogP contribution in [0.1, 0.15) is 33.6 Å². The lowest BCUT2D eigenvalue weighted by atomic mass is 10.0. The fraction of sp³-hybridized carbons (Fsp3) is 1.00. The van der Waals surface area contributed by atoms with Gasteiger partial charge in [-0.2, -0.15) is 0 Å². The van der Waals surface area contributed by atoms with Gasteiger partial charge in [0, 0.05) is 0 Å². The molecule has 56 valence electrons. The van der Waals surface area contributed by atoms with Gasteiger partial charge in [0.05, 0.1) is 12.3 Å². The fourth-order valence-corrected chi connectivity index (χ4v) is 0.655. The van der Waals surface area contributed by atoms with E-state index in [1.807, 2.05) is 0 Å². The third kappa shape index (κ3) is 2.82. The maximum absolute atomic E-state index is 5.31. The lowest BCUT2D eigenvalue weighted by molar-refractivity contribution is -0.0338. The summed E-state index contributed by atoms with van der Waals surface area (Å²) in [5.41, 5.74) is 5.25. The fourth-order valence-electron chi connectivity index (χ4n) is 0.655. The van der Waals surface area contributed by atoms with Gasteiger partial charge in [-0.1, -0.05) is 13.8 Å². The molecule has 0 amide bonds. The van der Waals surface area contributed by atoms with Crippen molar-refractivity contribution in [2.24, 2.45) is 5.73 Å². The van der Waals surface area contributed by atoms with Gasteiger partial charge in [0.15, 0.2) is 0 Å². The van der Waals surface area contributed by atoms with Gasteiger partial charge in [0.25, 0.3) is 0 Å². The first-order chi connectivity index (χ1) is 4.18.